The minimum Gasteiger partial charge on any atom is -0.482 e. The molecule has 0 radical (unpaired) electrons. The third-order valence-corrected chi connectivity index (χ3v) is 4.78. The van der Waals surface area contributed by atoms with Gasteiger partial charge in [-0.2, -0.15) is 0 Å². The van der Waals surface area contributed by atoms with Crippen LogP contribution in [0.2, 0.25) is 5.02 Å². The molecule has 0 fully saturated rings. The Balaban J connectivity index is 1.71. The predicted molar refractivity (Wildman–Crippen MR) is 97.7 cm³/mol. The van der Waals surface area contributed by atoms with Gasteiger partial charge in [0.2, 0.25) is 0 Å². The number of benzene rings is 2. The first-order chi connectivity index (χ1) is 12.1. The van der Waals surface area contributed by atoms with Crippen LogP contribution in [-0.4, -0.2) is 12.5 Å². The van der Waals surface area contributed by atoms with Gasteiger partial charge in [0.1, 0.15) is 11.6 Å². The highest BCUT2D eigenvalue weighted by Gasteiger charge is 2.18. The number of nitrogens with one attached hydrogen (secondary N) is 1. The Kier molecular flexibility index (Phi) is 5.68. The minimum atomic E-state index is -0.358. The van der Waals surface area contributed by atoms with Crippen LogP contribution in [0.3, 0.4) is 0 Å². The van der Waals surface area contributed by atoms with E-state index < -0.39 is 0 Å². The second-order valence-electron chi connectivity index (χ2n) is 5.29. The van der Waals surface area contributed by atoms with Crippen LogP contribution in [0.1, 0.15) is 16.5 Å². The lowest BCUT2D eigenvalue weighted by Crippen LogP contribution is -2.32. The van der Waals surface area contributed by atoms with E-state index >= 15 is 0 Å². The van der Waals surface area contributed by atoms with Gasteiger partial charge in [0.25, 0.3) is 5.91 Å². The molecule has 1 aromatic heterocycles. The molecule has 0 aliphatic rings. The van der Waals surface area contributed by atoms with E-state index in [1.165, 1.54) is 23.5 Å². The van der Waals surface area contributed by atoms with E-state index in [9.17, 15) is 9.18 Å². The molecule has 0 saturated carbocycles. The fraction of sp³-hybridized carbons (Fsp3) is 0.105. The Labute approximate surface area is 154 Å². The first-order valence-electron chi connectivity index (χ1n) is 7.59. The molecular weight excluding hydrogens is 361 g/mol. The van der Waals surface area contributed by atoms with Gasteiger partial charge in [-0.3, -0.25) is 4.79 Å². The maximum atomic E-state index is 13.2. The van der Waals surface area contributed by atoms with Crippen LogP contribution in [0.15, 0.2) is 66.0 Å². The number of carbonyl (C=O) groups excluding carboxylic acids is 1. The van der Waals surface area contributed by atoms with Crippen molar-refractivity contribution in [2.24, 2.45) is 0 Å². The zero-order chi connectivity index (χ0) is 17.6. The third-order valence-electron chi connectivity index (χ3n) is 3.53. The molecule has 1 unspecified atom stereocenters. The summed E-state index contributed by atoms with van der Waals surface area (Å²) in [6.07, 6.45) is 0. The van der Waals surface area contributed by atoms with Crippen molar-refractivity contribution in [2.75, 3.05) is 6.61 Å². The highest BCUT2D eigenvalue weighted by atomic mass is 35.5. The molecule has 0 bridgehead atoms. The summed E-state index contributed by atoms with van der Waals surface area (Å²) in [4.78, 5) is 13.3. The highest BCUT2D eigenvalue weighted by Crippen LogP contribution is 2.27. The second kappa shape index (κ2) is 8.14. The zero-order valence-corrected chi connectivity index (χ0v) is 14.7. The van der Waals surface area contributed by atoms with Gasteiger partial charge < -0.3 is 10.1 Å². The molecular formula is C19H15ClFNO2S. The Morgan fingerprint density at radius 1 is 1.12 bits per heavy atom. The average molecular weight is 376 g/mol. The summed E-state index contributed by atoms with van der Waals surface area (Å²) >= 11 is 7.53. The van der Waals surface area contributed by atoms with Crippen molar-refractivity contribution < 1.29 is 13.9 Å². The summed E-state index contributed by atoms with van der Waals surface area (Å²) in [6, 6.07) is 16.5. The number of thiophene rings is 1. The van der Waals surface area contributed by atoms with Crippen molar-refractivity contribution in [2.45, 2.75) is 6.04 Å². The van der Waals surface area contributed by atoms with E-state index in [4.69, 9.17) is 16.3 Å². The number of para-hydroxylation sites is 1. The topological polar surface area (TPSA) is 38.3 Å². The molecule has 128 valence electrons. The SMILES string of the molecule is O=C(COc1ccccc1Cl)NC(c1ccc(F)cc1)c1cccs1. The molecule has 0 spiro atoms. The van der Waals surface area contributed by atoms with Gasteiger partial charge in [-0.05, 0) is 41.3 Å². The summed E-state index contributed by atoms with van der Waals surface area (Å²) < 4.78 is 18.7. The molecule has 6 heteroatoms. The van der Waals surface area contributed by atoms with E-state index in [1.54, 1.807) is 36.4 Å². The lowest BCUT2D eigenvalue weighted by molar-refractivity contribution is -0.123. The molecule has 3 nitrogen and oxygen atoms in total. The minimum absolute atomic E-state index is 0.160. The Hall–Kier alpha value is -2.37. The maximum absolute atomic E-state index is 13.2. The standard InChI is InChI=1S/C19H15ClFNO2S/c20-15-4-1-2-5-16(15)24-12-18(23)22-19(17-6-3-11-25-17)13-7-9-14(21)10-8-13/h1-11,19H,12H2,(H,22,23). The van der Waals surface area contributed by atoms with Gasteiger partial charge >= 0.3 is 0 Å². The van der Waals surface area contributed by atoms with Gasteiger partial charge in [0.15, 0.2) is 6.61 Å². The van der Waals surface area contributed by atoms with Crippen LogP contribution in [0.5, 0.6) is 5.75 Å². The highest BCUT2D eigenvalue weighted by molar-refractivity contribution is 7.10. The van der Waals surface area contributed by atoms with E-state index in [2.05, 4.69) is 5.32 Å². The normalized spacial score (nSPS) is 11.8. The van der Waals surface area contributed by atoms with Gasteiger partial charge in [0, 0.05) is 4.88 Å². The van der Waals surface area contributed by atoms with Gasteiger partial charge in [-0.25, -0.2) is 4.39 Å². The summed E-state index contributed by atoms with van der Waals surface area (Å²) in [7, 11) is 0. The number of hydrogen-bond donors (Lipinski definition) is 1. The summed E-state index contributed by atoms with van der Waals surface area (Å²) in [5.74, 6) is -0.154. The first-order valence-corrected chi connectivity index (χ1v) is 8.85. The summed E-state index contributed by atoms with van der Waals surface area (Å²) in [5.41, 5.74) is 0.801. The number of rotatable bonds is 6. The number of halogens is 2. The second-order valence-corrected chi connectivity index (χ2v) is 6.67. The molecule has 0 aliphatic carbocycles. The number of ether oxygens (including phenoxy) is 1. The molecule has 0 aliphatic heterocycles. The molecule has 3 rings (SSSR count). The van der Waals surface area contributed by atoms with Crippen molar-refractivity contribution in [3.8, 4) is 5.75 Å². The molecule has 1 amide bonds. The third kappa shape index (κ3) is 4.59. The van der Waals surface area contributed by atoms with Crippen molar-refractivity contribution >= 4 is 28.8 Å². The van der Waals surface area contributed by atoms with E-state index in [0.29, 0.717) is 10.8 Å². The van der Waals surface area contributed by atoms with Crippen LogP contribution < -0.4 is 10.1 Å². The van der Waals surface area contributed by atoms with Crippen molar-refractivity contribution in [1.82, 2.24) is 5.32 Å². The van der Waals surface area contributed by atoms with Crippen LogP contribution >= 0.6 is 22.9 Å². The Morgan fingerprint density at radius 3 is 2.56 bits per heavy atom. The fourth-order valence-electron chi connectivity index (χ4n) is 2.34. The predicted octanol–water partition coefficient (Wildman–Crippen LogP) is 4.83. The molecule has 2 aromatic carbocycles. The van der Waals surface area contributed by atoms with Gasteiger partial charge in [0.05, 0.1) is 11.1 Å². The van der Waals surface area contributed by atoms with Crippen LogP contribution in [0.4, 0.5) is 4.39 Å². The number of amides is 1. The summed E-state index contributed by atoms with van der Waals surface area (Å²) in [6.45, 7) is -0.160. The molecule has 25 heavy (non-hydrogen) atoms. The van der Waals surface area contributed by atoms with E-state index in [1.807, 2.05) is 17.5 Å². The Morgan fingerprint density at radius 2 is 1.88 bits per heavy atom. The van der Waals surface area contributed by atoms with Gasteiger partial charge in [-0.1, -0.05) is 41.9 Å². The largest absolute Gasteiger partial charge is 0.482 e. The quantitative estimate of drug-likeness (QED) is 0.670. The smallest absolute Gasteiger partial charge is 0.258 e. The monoisotopic (exact) mass is 375 g/mol. The number of hydrogen-bond acceptors (Lipinski definition) is 3. The van der Waals surface area contributed by atoms with Crippen LogP contribution in [0, 0.1) is 5.82 Å². The number of carbonyl (C=O) groups is 1. The molecule has 3 aromatic rings. The average Bonchev–Trinajstić information content (AvgIpc) is 3.14. The van der Waals surface area contributed by atoms with Crippen molar-refractivity contribution in [3.63, 3.8) is 0 Å². The van der Waals surface area contributed by atoms with Gasteiger partial charge in [-0.15, -0.1) is 11.3 Å². The van der Waals surface area contributed by atoms with Crippen LogP contribution in [-0.2, 0) is 4.79 Å². The Bertz CT molecular complexity index is 837. The molecule has 1 N–H and O–H groups in total. The van der Waals surface area contributed by atoms with E-state index in [0.717, 1.165) is 10.4 Å². The molecule has 1 heterocycles. The lowest BCUT2D eigenvalue weighted by Gasteiger charge is -2.18. The van der Waals surface area contributed by atoms with E-state index in [-0.39, 0.29) is 24.4 Å². The maximum Gasteiger partial charge on any atom is 0.258 e. The lowest BCUT2D eigenvalue weighted by atomic mass is 10.1. The van der Waals surface area contributed by atoms with Crippen molar-refractivity contribution in [1.29, 1.82) is 0 Å². The van der Waals surface area contributed by atoms with Crippen molar-refractivity contribution in [3.05, 3.63) is 87.3 Å². The first kappa shape index (κ1) is 17.5. The fourth-order valence-corrected chi connectivity index (χ4v) is 3.33. The molecule has 0 saturated heterocycles. The van der Waals surface area contributed by atoms with Crippen LogP contribution in [0.25, 0.3) is 0 Å². The summed E-state index contributed by atoms with van der Waals surface area (Å²) in [5, 5.41) is 5.30. The molecule has 1 atom stereocenters. The zero-order valence-electron chi connectivity index (χ0n) is 13.1.